The third-order valence-corrected chi connectivity index (χ3v) is 4.42. The first-order valence-corrected chi connectivity index (χ1v) is 8.80. The molecule has 21 heavy (non-hydrogen) atoms. The molecule has 0 amide bonds. The minimum Gasteiger partial charge on any atom is -0.310 e. The SMILES string of the molecule is CCNC(Cc1ccc(CC)cn1)c1ccc(SC)cc1. The summed E-state index contributed by atoms with van der Waals surface area (Å²) in [4.78, 5) is 5.89. The molecule has 112 valence electrons. The Balaban J connectivity index is 2.13. The molecule has 0 aliphatic carbocycles. The van der Waals surface area contributed by atoms with Crippen LogP contribution in [-0.4, -0.2) is 17.8 Å². The number of rotatable bonds is 7. The summed E-state index contributed by atoms with van der Waals surface area (Å²) in [6, 6.07) is 13.5. The van der Waals surface area contributed by atoms with E-state index in [0.717, 1.165) is 25.1 Å². The average Bonchev–Trinajstić information content (AvgIpc) is 2.55. The first-order chi connectivity index (χ1) is 10.3. The Kier molecular flexibility index (Phi) is 6.27. The van der Waals surface area contributed by atoms with Crippen LogP contribution in [0.25, 0.3) is 0 Å². The van der Waals surface area contributed by atoms with Gasteiger partial charge in [-0.3, -0.25) is 4.98 Å². The number of hydrogen-bond donors (Lipinski definition) is 1. The van der Waals surface area contributed by atoms with Gasteiger partial charge in [-0.1, -0.05) is 32.0 Å². The predicted octanol–water partition coefficient (Wildman–Crippen LogP) is 4.26. The van der Waals surface area contributed by atoms with E-state index in [1.807, 2.05) is 6.20 Å². The second-order valence-electron chi connectivity index (χ2n) is 5.10. The lowest BCUT2D eigenvalue weighted by molar-refractivity contribution is 0.543. The molecule has 0 fully saturated rings. The monoisotopic (exact) mass is 300 g/mol. The van der Waals surface area contributed by atoms with Gasteiger partial charge >= 0.3 is 0 Å². The van der Waals surface area contributed by atoms with Crippen molar-refractivity contribution in [3.8, 4) is 0 Å². The minimum atomic E-state index is 0.325. The smallest absolute Gasteiger partial charge is 0.0422 e. The zero-order valence-electron chi connectivity index (χ0n) is 13.1. The molecule has 0 aliphatic heterocycles. The van der Waals surface area contributed by atoms with E-state index in [1.54, 1.807) is 11.8 Å². The largest absolute Gasteiger partial charge is 0.310 e. The first-order valence-electron chi connectivity index (χ1n) is 7.58. The lowest BCUT2D eigenvalue weighted by atomic mass is 10.0. The van der Waals surface area contributed by atoms with Crippen LogP contribution in [0.4, 0.5) is 0 Å². The van der Waals surface area contributed by atoms with Crippen LogP contribution in [0.1, 0.15) is 36.7 Å². The number of thioether (sulfide) groups is 1. The van der Waals surface area contributed by atoms with Gasteiger partial charge in [0.15, 0.2) is 0 Å². The molecule has 0 saturated heterocycles. The molecule has 2 aromatic rings. The highest BCUT2D eigenvalue weighted by Gasteiger charge is 2.12. The third-order valence-electron chi connectivity index (χ3n) is 3.68. The van der Waals surface area contributed by atoms with E-state index in [2.05, 4.69) is 66.8 Å². The maximum atomic E-state index is 4.59. The molecule has 1 aromatic heterocycles. The summed E-state index contributed by atoms with van der Waals surface area (Å²) in [5, 5.41) is 3.57. The van der Waals surface area contributed by atoms with Crippen molar-refractivity contribution in [1.29, 1.82) is 0 Å². The highest BCUT2D eigenvalue weighted by Crippen LogP contribution is 2.21. The van der Waals surface area contributed by atoms with Crippen LogP contribution in [-0.2, 0) is 12.8 Å². The van der Waals surface area contributed by atoms with Gasteiger partial charge in [0.05, 0.1) is 0 Å². The van der Waals surface area contributed by atoms with Crippen LogP contribution in [0.3, 0.4) is 0 Å². The van der Waals surface area contributed by atoms with Crippen molar-refractivity contribution in [3.63, 3.8) is 0 Å². The van der Waals surface area contributed by atoms with Crippen LogP contribution in [0.5, 0.6) is 0 Å². The quantitative estimate of drug-likeness (QED) is 0.773. The summed E-state index contributed by atoms with van der Waals surface area (Å²) in [7, 11) is 0. The summed E-state index contributed by atoms with van der Waals surface area (Å²) < 4.78 is 0. The van der Waals surface area contributed by atoms with Gasteiger partial charge in [0, 0.05) is 29.2 Å². The molecule has 1 aromatic carbocycles. The van der Waals surface area contributed by atoms with Crippen LogP contribution in [0.2, 0.25) is 0 Å². The van der Waals surface area contributed by atoms with Gasteiger partial charge in [-0.15, -0.1) is 11.8 Å². The Morgan fingerprint density at radius 1 is 1.10 bits per heavy atom. The fraction of sp³-hybridized carbons (Fsp3) is 0.389. The summed E-state index contributed by atoms with van der Waals surface area (Å²) in [5.41, 5.74) is 3.77. The molecule has 3 heteroatoms. The molecule has 0 saturated carbocycles. The lowest BCUT2D eigenvalue weighted by Crippen LogP contribution is -2.23. The van der Waals surface area contributed by atoms with Crippen LogP contribution < -0.4 is 5.32 Å². The molecular weight excluding hydrogens is 276 g/mol. The topological polar surface area (TPSA) is 24.9 Å². The fourth-order valence-corrected chi connectivity index (χ4v) is 2.79. The predicted molar refractivity (Wildman–Crippen MR) is 92.0 cm³/mol. The van der Waals surface area contributed by atoms with E-state index >= 15 is 0 Å². The molecule has 0 aliphatic rings. The van der Waals surface area contributed by atoms with Crippen molar-refractivity contribution in [1.82, 2.24) is 10.3 Å². The Hall–Kier alpha value is -1.32. The van der Waals surface area contributed by atoms with Gasteiger partial charge in [-0.2, -0.15) is 0 Å². The second kappa shape index (κ2) is 8.20. The van der Waals surface area contributed by atoms with E-state index in [4.69, 9.17) is 0 Å². The fourth-order valence-electron chi connectivity index (χ4n) is 2.38. The molecule has 0 spiro atoms. The Bertz CT molecular complexity index is 534. The highest BCUT2D eigenvalue weighted by molar-refractivity contribution is 7.98. The van der Waals surface area contributed by atoms with E-state index in [9.17, 15) is 0 Å². The van der Waals surface area contributed by atoms with Crippen LogP contribution in [0.15, 0.2) is 47.5 Å². The molecule has 2 nitrogen and oxygen atoms in total. The normalized spacial score (nSPS) is 12.3. The zero-order chi connectivity index (χ0) is 15.1. The summed E-state index contributed by atoms with van der Waals surface area (Å²) in [6.07, 6.45) is 6.07. The number of aromatic nitrogens is 1. The molecule has 1 heterocycles. The van der Waals surface area contributed by atoms with E-state index in [-0.39, 0.29) is 0 Å². The summed E-state index contributed by atoms with van der Waals surface area (Å²) >= 11 is 1.78. The van der Waals surface area contributed by atoms with Crippen molar-refractivity contribution < 1.29 is 0 Å². The van der Waals surface area contributed by atoms with Gasteiger partial charge < -0.3 is 5.32 Å². The second-order valence-corrected chi connectivity index (χ2v) is 5.98. The van der Waals surface area contributed by atoms with Crippen molar-refractivity contribution >= 4 is 11.8 Å². The number of nitrogens with one attached hydrogen (secondary N) is 1. The van der Waals surface area contributed by atoms with Crippen molar-refractivity contribution in [3.05, 3.63) is 59.4 Å². The average molecular weight is 300 g/mol. The molecule has 1 N–H and O–H groups in total. The van der Waals surface area contributed by atoms with Crippen molar-refractivity contribution in [2.24, 2.45) is 0 Å². The third kappa shape index (κ3) is 4.58. The van der Waals surface area contributed by atoms with Gasteiger partial charge in [0.2, 0.25) is 0 Å². The van der Waals surface area contributed by atoms with Gasteiger partial charge in [0.1, 0.15) is 0 Å². The van der Waals surface area contributed by atoms with E-state index in [1.165, 1.54) is 16.0 Å². The number of pyridine rings is 1. The molecule has 0 radical (unpaired) electrons. The summed E-state index contributed by atoms with van der Waals surface area (Å²) in [6.45, 7) is 5.27. The number of likely N-dealkylation sites (N-methyl/N-ethyl adjacent to an activating group) is 1. The van der Waals surface area contributed by atoms with E-state index < -0.39 is 0 Å². The molecule has 1 unspecified atom stereocenters. The first kappa shape index (κ1) is 16.1. The maximum absolute atomic E-state index is 4.59. The number of nitrogens with zero attached hydrogens (tertiary/aromatic N) is 1. The van der Waals surface area contributed by atoms with E-state index in [0.29, 0.717) is 6.04 Å². The standard InChI is InChI=1S/C18H24N2S/c1-4-14-6-9-16(20-13-14)12-18(19-5-2)15-7-10-17(21-3)11-8-15/h6-11,13,18-19H,4-5,12H2,1-3H3. The summed E-state index contributed by atoms with van der Waals surface area (Å²) in [5.74, 6) is 0. The molecule has 1 atom stereocenters. The number of benzene rings is 1. The van der Waals surface area contributed by atoms with Gasteiger partial charge in [-0.05, 0) is 48.5 Å². The molecule has 0 bridgehead atoms. The number of aryl methyl sites for hydroxylation is 1. The van der Waals surface area contributed by atoms with Crippen LogP contribution >= 0.6 is 11.8 Å². The Labute approximate surface area is 132 Å². The van der Waals surface area contributed by atoms with Gasteiger partial charge in [0.25, 0.3) is 0 Å². The molecule has 2 rings (SSSR count). The van der Waals surface area contributed by atoms with Gasteiger partial charge in [-0.25, -0.2) is 0 Å². The number of hydrogen-bond acceptors (Lipinski definition) is 3. The Morgan fingerprint density at radius 2 is 1.86 bits per heavy atom. The maximum Gasteiger partial charge on any atom is 0.0422 e. The van der Waals surface area contributed by atoms with Crippen LogP contribution in [0, 0.1) is 0 Å². The van der Waals surface area contributed by atoms with Crippen molar-refractivity contribution in [2.45, 2.75) is 37.6 Å². The lowest BCUT2D eigenvalue weighted by Gasteiger charge is -2.18. The zero-order valence-corrected chi connectivity index (χ0v) is 13.9. The molecular formula is C18H24N2S. The highest BCUT2D eigenvalue weighted by atomic mass is 32.2. The van der Waals surface area contributed by atoms with Crippen molar-refractivity contribution in [2.75, 3.05) is 12.8 Å². The minimum absolute atomic E-state index is 0.325. The Morgan fingerprint density at radius 3 is 2.38 bits per heavy atom.